The van der Waals surface area contributed by atoms with E-state index >= 15 is 0 Å². The number of thioether (sulfide) groups is 1. The van der Waals surface area contributed by atoms with Gasteiger partial charge in [0.15, 0.2) is 0 Å². The van der Waals surface area contributed by atoms with E-state index in [1.54, 1.807) is 0 Å². The molecule has 0 fully saturated rings. The third kappa shape index (κ3) is 5.36. The molecule has 0 saturated carbocycles. The van der Waals surface area contributed by atoms with Gasteiger partial charge in [-0.2, -0.15) is 11.8 Å². The minimum absolute atomic E-state index is 0.0231. The predicted octanol–water partition coefficient (Wildman–Crippen LogP) is 3.63. The summed E-state index contributed by atoms with van der Waals surface area (Å²) in [5.41, 5.74) is 3.34. The van der Waals surface area contributed by atoms with Gasteiger partial charge < -0.3 is 10.6 Å². The van der Waals surface area contributed by atoms with Gasteiger partial charge in [-0.25, -0.2) is 0 Å². The normalized spacial score (nSPS) is 15.8. The van der Waals surface area contributed by atoms with Gasteiger partial charge in [0, 0.05) is 36.1 Å². The molecule has 1 aliphatic heterocycles. The second-order valence-electron chi connectivity index (χ2n) is 6.47. The van der Waals surface area contributed by atoms with Crippen LogP contribution in [0.5, 0.6) is 0 Å². The molecule has 4 nitrogen and oxygen atoms in total. The summed E-state index contributed by atoms with van der Waals surface area (Å²) >= 11 is 1.81. The lowest BCUT2D eigenvalue weighted by molar-refractivity contribution is -0.122. The zero-order valence-electron chi connectivity index (χ0n) is 14.7. The van der Waals surface area contributed by atoms with Crippen LogP contribution >= 0.6 is 11.8 Å². The van der Waals surface area contributed by atoms with Crippen molar-refractivity contribution in [3.63, 3.8) is 0 Å². The van der Waals surface area contributed by atoms with Crippen LogP contribution in [0, 0.1) is 5.92 Å². The maximum atomic E-state index is 12.2. The first-order valence-electron chi connectivity index (χ1n) is 8.99. The SMILES string of the molecule is O=C(CC[C@@H]1Cc2ccccc2NC1=O)NCCSCc1ccccc1. The summed E-state index contributed by atoms with van der Waals surface area (Å²) in [5, 5.41) is 5.89. The van der Waals surface area contributed by atoms with Crippen molar-refractivity contribution in [1.29, 1.82) is 0 Å². The number of hydrogen-bond acceptors (Lipinski definition) is 3. The van der Waals surface area contributed by atoms with Crippen molar-refractivity contribution < 1.29 is 9.59 Å². The second-order valence-corrected chi connectivity index (χ2v) is 7.58. The highest BCUT2D eigenvalue weighted by Crippen LogP contribution is 2.27. The predicted molar refractivity (Wildman–Crippen MR) is 107 cm³/mol. The van der Waals surface area contributed by atoms with Crippen LogP contribution in [0.3, 0.4) is 0 Å². The maximum absolute atomic E-state index is 12.2. The molecule has 2 aromatic carbocycles. The number of rotatable bonds is 8. The van der Waals surface area contributed by atoms with Crippen LogP contribution in [0.1, 0.15) is 24.0 Å². The molecule has 0 spiro atoms. The van der Waals surface area contributed by atoms with E-state index in [2.05, 4.69) is 22.8 Å². The molecular formula is C21H24N2O2S. The Morgan fingerprint density at radius 3 is 2.73 bits per heavy atom. The van der Waals surface area contributed by atoms with Gasteiger partial charge in [-0.15, -0.1) is 0 Å². The standard InChI is InChI=1S/C21H24N2O2S/c24-20(22-12-13-26-15-16-6-2-1-3-7-16)11-10-18-14-17-8-4-5-9-19(17)23-21(18)25/h1-9,18H,10-15H2,(H,22,24)(H,23,25)/t18-/m1/s1. The molecule has 5 heteroatoms. The van der Waals surface area contributed by atoms with E-state index < -0.39 is 0 Å². The molecule has 136 valence electrons. The van der Waals surface area contributed by atoms with E-state index in [1.807, 2.05) is 54.2 Å². The fraction of sp³-hybridized carbons (Fsp3) is 0.333. The molecule has 2 aromatic rings. The molecule has 0 aliphatic carbocycles. The number of amides is 2. The van der Waals surface area contributed by atoms with Crippen molar-refractivity contribution in [3.8, 4) is 0 Å². The van der Waals surface area contributed by atoms with Crippen LogP contribution in [-0.4, -0.2) is 24.1 Å². The summed E-state index contributed by atoms with van der Waals surface area (Å²) in [6, 6.07) is 18.2. The molecule has 0 radical (unpaired) electrons. The van der Waals surface area contributed by atoms with E-state index in [-0.39, 0.29) is 17.7 Å². The van der Waals surface area contributed by atoms with Gasteiger partial charge in [0.25, 0.3) is 0 Å². The fourth-order valence-corrected chi connectivity index (χ4v) is 3.89. The lowest BCUT2D eigenvalue weighted by Crippen LogP contribution is -2.32. The van der Waals surface area contributed by atoms with Gasteiger partial charge in [0.05, 0.1) is 0 Å². The zero-order chi connectivity index (χ0) is 18.2. The molecule has 3 rings (SSSR count). The molecule has 2 N–H and O–H groups in total. The van der Waals surface area contributed by atoms with Crippen molar-refractivity contribution in [2.75, 3.05) is 17.6 Å². The highest BCUT2D eigenvalue weighted by atomic mass is 32.2. The summed E-state index contributed by atoms with van der Waals surface area (Å²) in [6.45, 7) is 0.663. The Kier molecular flexibility index (Phi) is 6.72. The minimum atomic E-state index is -0.122. The Labute approximate surface area is 158 Å². The first-order valence-corrected chi connectivity index (χ1v) is 10.1. The number of fused-ring (bicyclic) bond motifs is 1. The molecule has 26 heavy (non-hydrogen) atoms. The summed E-state index contributed by atoms with van der Waals surface area (Å²) in [7, 11) is 0. The molecule has 0 unspecified atom stereocenters. The second kappa shape index (κ2) is 9.43. The minimum Gasteiger partial charge on any atom is -0.355 e. The van der Waals surface area contributed by atoms with E-state index in [4.69, 9.17) is 0 Å². The van der Waals surface area contributed by atoms with Crippen molar-refractivity contribution in [2.24, 2.45) is 5.92 Å². The summed E-state index contributed by atoms with van der Waals surface area (Å²) in [5.74, 6) is 1.77. The van der Waals surface area contributed by atoms with Gasteiger partial charge in [-0.1, -0.05) is 48.5 Å². The number of nitrogens with one attached hydrogen (secondary N) is 2. The largest absolute Gasteiger partial charge is 0.355 e. The van der Waals surface area contributed by atoms with E-state index in [0.29, 0.717) is 25.8 Å². The van der Waals surface area contributed by atoms with Crippen molar-refractivity contribution in [2.45, 2.75) is 25.0 Å². The molecule has 2 amide bonds. The monoisotopic (exact) mass is 368 g/mol. The lowest BCUT2D eigenvalue weighted by Gasteiger charge is -2.24. The van der Waals surface area contributed by atoms with Crippen molar-refractivity contribution in [3.05, 3.63) is 65.7 Å². The third-order valence-electron chi connectivity index (χ3n) is 4.51. The Balaban J connectivity index is 1.32. The van der Waals surface area contributed by atoms with Crippen LogP contribution in [0.15, 0.2) is 54.6 Å². The Morgan fingerprint density at radius 1 is 1.12 bits per heavy atom. The van der Waals surface area contributed by atoms with Crippen LogP contribution in [0.25, 0.3) is 0 Å². The molecule has 0 bridgehead atoms. The maximum Gasteiger partial charge on any atom is 0.227 e. The van der Waals surface area contributed by atoms with E-state index in [0.717, 1.165) is 22.8 Å². The first-order chi connectivity index (χ1) is 12.7. The Bertz CT molecular complexity index is 749. The summed E-state index contributed by atoms with van der Waals surface area (Å²) < 4.78 is 0. The van der Waals surface area contributed by atoms with Gasteiger partial charge in [0.2, 0.25) is 11.8 Å². The third-order valence-corrected chi connectivity index (χ3v) is 5.54. The van der Waals surface area contributed by atoms with Gasteiger partial charge >= 0.3 is 0 Å². The van der Waals surface area contributed by atoms with Gasteiger partial charge in [-0.05, 0) is 30.0 Å². The zero-order valence-corrected chi connectivity index (χ0v) is 15.6. The van der Waals surface area contributed by atoms with Crippen LogP contribution in [0.2, 0.25) is 0 Å². The van der Waals surface area contributed by atoms with Gasteiger partial charge in [0.1, 0.15) is 0 Å². The van der Waals surface area contributed by atoms with E-state index in [1.165, 1.54) is 5.56 Å². The summed E-state index contributed by atoms with van der Waals surface area (Å²) in [4.78, 5) is 24.2. The van der Waals surface area contributed by atoms with Crippen molar-refractivity contribution >= 4 is 29.3 Å². The number of benzene rings is 2. The number of anilines is 1. The van der Waals surface area contributed by atoms with E-state index in [9.17, 15) is 9.59 Å². The van der Waals surface area contributed by atoms with Crippen LogP contribution < -0.4 is 10.6 Å². The molecule has 1 atom stereocenters. The molecule has 0 aromatic heterocycles. The lowest BCUT2D eigenvalue weighted by atomic mass is 9.89. The molecule has 1 aliphatic rings. The molecule has 0 saturated heterocycles. The average Bonchev–Trinajstić information content (AvgIpc) is 2.67. The summed E-state index contributed by atoms with van der Waals surface area (Å²) in [6.07, 6.45) is 1.69. The van der Waals surface area contributed by atoms with Crippen LogP contribution in [-0.2, 0) is 21.8 Å². The molecule has 1 heterocycles. The topological polar surface area (TPSA) is 58.2 Å². The number of hydrogen-bond donors (Lipinski definition) is 2. The fourth-order valence-electron chi connectivity index (χ4n) is 3.07. The van der Waals surface area contributed by atoms with Crippen molar-refractivity contribution in [1.82, 2.24) is 5.32 Å². The Hall–Kier alpha value is -2.27. The van der Waals surface area contributed by atoms with Gasteiger partial charge in [-0.3, -0.25) is 9.59 Å². The smallest absolute Gasteiger partial charge is 0.227 e. The average molecular weight is 369 g/mol. The quantitative estimate of drug-likeness (QED) is 0.700. The number of para-hydroxylation sites is 1. The first kappa shape index (κ1) is 18.5. The number of carbonyl (C=O) groups is 2. The molecular weight excluding hydrogens is 344 g/mol. The highest BCUT2D eigenvalue weighted by Gasteiger charge is 2.26. The highest BCUT2D eigenvalue weighted by molar-refractivity contribution is 7.98. The van der Waals surface area contributed by atoms with Crippen LogP contribution in [0.4, 0.5) is 5.69 Å². The number of carbonyl (C=O) groups excluding carboxylic acids is 2. The Morgan fingerprint density at radius 2 is 1.88 bits per heavy atom.